The zero-order valence-electron chi connectivity index (χ0n) is 10.9. The molecule has 2 heterocycles. The molecule has 0 N–H and O–H groups in total. The van der Waals surface area contributed by atoms with Crippen molar-refractivity contribution in [3.05, 3.63) is 34.3 Å². The Hall–Kier alpha value is -1.66. The van der Waals surface area contributed by atoms with E-state index in [0.29, 0.717) is 5.95 Å². The second-order valence-electron chi connectivity index (χ2n) is 4.54. The highest BCUT2D eigenvalue weighted by molar-refractivity contribution is 6.30. The van der Waals surface area contributed by atoms with Gasteiger partial charge in [-0.25, -0.2) is 4.39 Å². The molecule has 0 unspecified atom stereocenters. The minimum atomic E-state index is -0.668. The van der Waals surface area contributed by atoms with E-state index in [1.807, 2.05) is 4.90 Å². The van der Waals surface area contributed by atoms with Crippen LogP contribution >= 0.6 is 23.2 Å². The third kappa shape index (κ3) is 3.16. The summed E-state index contributed by atoms with van der Waals surface area (Å²) in [4.78, 5) is 14.1. The van der Waals surface area contributed by atoms with Crippen LogP contribution in [0.25, 0.3) is 0 Å². The fourth-order valence-corrected chi connectivity index (χ4v) is 2.40. The van der Waals surface area contributed by atoms with Crippen LogP contribution in [0.1, 0.15) is 12.8 Å². The van der Waals surface area contributed by atoms with E-state index in [1.54, 1.807) is 6.07 Å². The minimum Gasteiger partial charge on any atom is -0.421 e. The molecule has 1 aromatic carbocycles. The number of aromatic nitrogens is 3. The third-order valence-electron chi connectivity index (χ3n) is 3.08. The van der Waals surface area contributed by atoms with Crippen molar-refractivity contribution in [1.82, 2.24) is 15.0 Å². The largest absolute Gasteiger partial charge is 0.421 e. The molecule has 2 aromatic rings. The summed E-state index contributed by atoms with van der Waals surface area (Å²) in [7, 11) is 0. The topological polar surface area (TPSA) is 51.1 Å². The van der Waals surface area contributed by atoms with Gasteiger partial charge in [0.1, 0.15) is 0 Å². The number of anilines is 1. The quantitative estimate of drug-likeness (QED) is 0.859. The molecule has 5 nitrogen and oxygen atoms in total. The zero-order chi connectivity index (χ0) is 14.8. The number of hydrogen-bond donors (Lipinski definition) is 0. The Bertz CT molecular complexity index is 665. The van der Waals surface area contributed by atoms with Crippen molar-refractivity contribution in [2.75, 3.05) is 18.0 Å². The van der Waals surface area contributed by atoms with Gasteiger partial charge in [-0.05, 0) is 36.6 Å². The van der Waals surface area contributed by atoms with Crippen molar-refractivity contribution in [2.24, 2.45) is 0 Å². The van der Waals surface area contributed by atoms with Gasteiger partial charge in [0.25, 0.3) is 0 Å². The van der Waals surface area contributed by atoms with Gasteiger partial charge in [0.15, 0.2) is 11.6 Å². The standard InChI is InChI=1S/C13H11Cl2FN4O/c14-8-4-3-5-9(10(8)16)21-13-18-11(15)17-12(19-13)20-6-1-2-7-20/h3-5H,1-2,6-7H2. The molecule has 0 aliphatic carbocycles. The number of ether oxygens (including phenoxy) is 1. The Labute approximate surface area is 130 Å². The van der Waals surface area contributed by atoms with Crippen LogP contribution in [-0.4, -0.2) is 28.0 Å². The van der Waals surface area contributed by atoms with E-state index in [9.17, 15) is 4.39 Å². The van der Waals surface area contributed by atoms with Crippen molar-refractivity contribution >= 4 is 29.2 Å². The lowest BCUT2D eigenvalue weighted by Crippen LogP contribution is -2.21. The van der Waals surface area contributed by atoms with E-state index in [1.165, 1.54) is 12.1 Å². The van der Waals surface area contributed by atoms with Gasteiger partial charge in [-0.15, -0.1) is 0 Å². The van der Waals surface area contributed by atoms with E-state index in [2.05, 4.69) is 15.0 Å². The lowest BCUT2D eigenvalue weighted by molar-refractivity contribution is 0.409. The summed E-state index contributed by atoms with van der Waals surface area (Å²) >= 11 is 11.6. The molecule has 0 radical (unpaired) electrons. The second-order valence-corrected chi connectivity index (χ2v) is 5.28. The summed E-state index contributed by atoms with van der Waals surface area (Å²) in [6, 6.07) is 4.39. The molecule has 8 heteroatoms. The van der Waals surface area contributed by atoms with Crippen LogP contribution < -0.4 is 9.64 Å². The highest BCUT2D eigenvalue weighted by atomic mass is 35.5. The van der Waals surface area contributed by atoms with E-state index in [-0.39, 0.29) is 22.1 Å². The molecule has 3 rings (SSSR count). The van der Waals surface area contributed by atoms with Gasteiger partial charge >= 0.3 is 6.01 Å². The number of hydrogen-bond acceptors (Lipinski definition) is 5. The van der Waals surface area contributed by atoms with Gasteiger partial charge < -0.3 is 9.64 Å². The first-order chi connectivity index (χ1) is 10.1. The molecule has 0 bridgehead atoms. The van der Waals surface area contributed by atoms with Crippen LogP contribution in [0.2, 0.25) is 10.3 Å². The van der Waals surface area contributed by atoms with Crippen molar-refractivity contribution in [3.63, 3.8) is 0 Å². The fraction of sp³-hybridized carbons (Fsp3) is 0.308. The molecule has 0 atom stereocenters. The first-order valence-corrected chi connectivity index (χ1v) is 7.17. The predicted octanol–water partition coefficient (Wildman–Crippen LogP) is 3.71. The Balaban J connectivity index is 1.89. The van der Waals surface area contributed by atoms with Gasteiger partial charge in [0, 0.05) is 13.1 Å². The summed E-state index contributed by atoms with van der Waals surface area (Å²) < 4.78 is 19.2. The number of nitrogens with zero attached hydrogens (tertiary/aromatic N) is 4. The van der Waals surface area contributed by atoms with Crippen LogP contribution in [0.5, 0.6) is 11.8 Å². The fourth-order valence-electron chi connectivity index (χ4n) is 2.09. The maximum Gasteiger partial charge on any atom is 0.328 e. The molecule has 1 fully saturated rings. The smallest absolute Gasteiger partial charge is 0.328 e. The first kappa shape index (κ1) is 14.3. The number of halogens is 3. The summed E-state index contributed by atoms with van der Waals surface area (Å²) in [5.41, 5.74) is 0. The lowest BCUT2D eigenvalue weighted by atomic mass is 10.3. The Kier molecular flexibility index (Phi) is 4.07. The third-order valence-corrected chi connectivity index (χ3v) is 3.54. The highest BCUT2D eigenvalue weighted by Gasteiger charge is 2.18. The maximum atomic E-state index is 13.8. The molecule has 1 saturated heterocycles. The summed E-state index contributed by atoms with van der Waals surface area (Å²) in [6.45, 7) is 1.70. The van der Waals surface area contributed by atoms with Crippen LogP contribution in [0, 0.1) is 5.82 Å². The van der Waals surface area contributed by atoms with E-state index >= 15 is 0 Å². The summed E-state index contributed by atoms with van der Waals surface area (Å²) in [5.74, 6) is -0.291. The molecule has 110 valence electrons. The molecular formula is C13H11Cl2FN4O. The van der Waals surface area contributed by atoms with Crippen LogP contribution in [-0.2, 0) is 0 Å². The Morgan fingerprint density at radius 1 is 1.10 bits per heavy atom. The van der Waals surface area contributed by atoms with Crippen molar-refractivity contribution in [1.29, 1.82) is 0 Å². The van der Waals surface area contributed by atoms with Crippen LogP contribution in [0.4, 0.5) is 10.3 Å². The van der Waals surface area contributed by atoms with Gasteiger partial charge in [-0.2, -0.15) is 15.0 Å². The van der Waals surface area contributed by atoms with Gasteiger partial charge in [0.05, 0.1) is 5.02 Å². The Morgan fingerprint density at radius 2 is 1.86 bits per heavy atom. The van der Waals surface area contributed by atoms with E-state index in [4.69, 9.17) is 27.9 Å². The number of benzene rings is 1. The van der Waals surface area contributed by atoms with Crippen LogP contribution in [0.15, 0.2) is 18.2 Å². The normalized spacial score (nSPS) is 14.5. The molecule has 21 heavy (non-hydrogen) atoms. The molecular weight excluding hydrogens is 318 g/mol. The lowest BCUT2D eigenvalue weighted by Gasteiger charge is -2.15. The van der Waals surface area contributed by atoms with Crippen molar-refractivity contribution in [2.45, 2.75) is 12.8 Å². The first-order valence-electron chi connectivity index (χ1n) is 6.42. The Morgan fingerprint density at radius 3 is 2.62 bits per heavy atom. The average Bonchev–Trinajstić information content (AvgIpc) is 2.97. The second kappa shape index (κ2) is 5.99. The van der Waals surface area contributed by atoms with Gasteiger partial charge in [-0.3, -0.25) is 0 Å². The molecule has 0 saturated carbocycles. The van der Waals surface area contributed by atoms with E-state index < -0.39 is 5.82 Å². The highest BCUT2D eigenvalue weighted by Crippen LogP contribution is 2.28. The van der Waals surface area contributed by atoms with Crippen molar-refractivity contribution < 1.29 is 9.13 Å². The van der Waals surface area contributed by atoms with Crippen LogP contribution in [0.3, 0.4) is 0 Å². The monoisotopic (exact) mass is 328 g/mol. The predicted molar refractivity (Wildman–Crippen MR) is 77.8 cm³/mol. The molecule has 0 amide bonds. The maximum absolute atomic E-state index is 13.8. The van der Waals surface area contributed by atoms with Gasteiger partial charge in [0.2, 0.25) is 11.2 Å². The molecule has 1 aliphatic rings. The molecule has 1 aliphatic heterocycles. The van der Waals surface area contributed by atoms with Crippen molar-refractivity contribution in [3.8, 4) is 11.8 Å². The summed E-state index contributed by atoms with van der Waals surface area (Å²) in [6.07, 6.45) is 2.14. The zero-order valence-corrected chi connectivity index (χ0v) is 12.4. The van der Waals surface area contributed by atoms with Gasteiger partial charge in [-0.1, -0.05) is 17.7 Å². The average molecular weight is 329 g/mol. The summed E-state index contributed by atoms with van der Waals surface area (Å²) in [5, 5.41) is -0.0308. The molecule has 1 aromatic heterocycles. The minimum absolute atomic E-state index is 0.00402. The molecule has 0 spiro atoms. The van der Waals surface area contributed by atoms with E-state index in [0.717, 1.165) is 25.9 Å². The number of rotatable bonds is 3. The SMILES string of the molecule is Fc1c(Cl)cccc1Oc1nc(Cl)nc(N2CCCC2)n1.